The third kappa shape index (κ3) is 2.52. The Kier molecular flexibility index (Phi) is 3.04. The van der Waals surface area contributed by atoms with Gasteiger partial charge in [-0.05, 0) is 36.1 Å². The number of rotatable bonds is 2. The van der Waals surface area contributed by atoms with Crippen LogP contribution in [-0.4, -0.2) is 0 Å². The first-order valence-corrected chi connectivity index (χ1v) is 4.56. The summed E-state index contributed by atoms with van der Waals surface area (Å²) in [5.74, 6) is 0.145. The van der Waals surface area contributed by atoms with E-state index in [9.17, 15) is 4.39 Å². The molecule has 13 heavy (non-hydrogen) atoms. The Morgan fingerprint density at radius 1 is 1.08 bits per heavy atom. The summed E-state index contributed by atoms with van der Waals surface area (Å²) < 4.78 is 13.1. The van der Waals surface area contributed by atoms with Gasteiger partial charge in [0.25, 0.3) is 0 Å². The molecule has 1 aromatic rings. The Bertz CT molecular complexity index is 266. The lowest BCUT2D eigenvalue weighted by Crippen LogP contribution is -2.06. The molecular weight excluding hydrogens is 165 g/mol. The van der Waals surface area contributed by atoms with Gasteiger partial charge in [-0.15, -0.1) is 0 Å². The maximum atomic E-state index is 13.1. The number of nitrogens with two attached hydrogens (primary N) is 1. The topological polar surface area (TPSA) is 26.0 Å². The first-order chi connectivity index (χ1) is 6.00. The molecule has 0 spiro atoms. The van der Waals surface area contributed by atoms with E-state index in [0.29, 0.717) is 5.92 Å². The fourth-order valence-corrected chi connectivity index (χ4v) is 1.23. The fourth-order valence-electron chi connectivity index (χ4n) is 1.23. The highest BCUT2D eigenvalue weighted by Gasteiger charge is 2.06. The zero-order valence-corrected chi connectivity index (χ0v) is 8.34. The van der Waals surface area contributed by atoms with Crippen LogP contribution in [0.5, 0.6) is 0 Å². The third-order valence-corrected chi connectivity index (χ3v) is 2.13. The molecule has 0 amide bonds. The highest BCUT2D eigenvalue weighted by Crippen LogP contribution is 2.20. The average Bonchev–Trinajstić information content (AvgIpc) is 2.03. The first-order valence-electron chi connectivity index (χ1n) is 4.56. The summed E-state index contributed by atoms with van der Waals surface area (Å²) in [5.41, 5.74) is 7.56. The van der Waals surface area contributed by atoms with E-state index >= 15 is 0 Å². The van der Waals surface area contributed by atoms with Crippen LogP contribution in [0.25, 0.3) is 0 Å². The van der Waals surface area contributed by atoms with E-state index in [2.05, 4.69) is 0 Å². The number of benzene rings is 1. The van der Waals surface area contributed by atoms with Crippen LogP contribution in [0.4, 0.5) is 4.39 Å². The smallest absolute Gasteiger partial charge is 0.123 e. The van der Waals surface area contributed by atoms with Crippen LogP contribution in [0.15, 0.2) is 18.2 Å². The fraction of sp³-hybridized carbons (Fsp3) is 0.455. The minimum absolute atomic E-state index is 0.104. The van der Waals surface area contributed by atoms with Crippen LogP contribution in [-0.2, 0) is 0 Å². The van der Waals surface area contributed by atoms with Gasteiger partial charge in [0.05, 0.1) is 0 Å². The second kappa shape index (κ2) is 3.88. The zero-order valence-electron chi connectivity index (χ0n) is 8.34. The molecule has 2 N–H and O–H groups in total. The molecule has 0 saturated heterocycles. The highest BCUT2D eigenvalue weighted by molar-refractivity contribution is 5.28. The maximum Gasteiger partial charge on any atom is 0.123 e. The lowest BCUT2D eigenvalue weighted by Gasteiger charge is -2.11. The normalized spacial score (nSPS) is 13.4. The van der Waals surface area contributed by atoms with E-state index in [4.69, 9.17) is 5.73 Å². The molecule has 0 aliphatic carbocycles. The van der Waals surface area contributed by atoms with Crippen LogP contribution in [0.2, 0.25) is 0 Å². The molecule has 0 radical (unpaired) electrons. The molecule has 1 unspecified atom stereocenters. The summed E-state index contributed by atoms with van der Waals surface area (Å²) in [6.07, 6.45) is 0. The van der Waals surface area contributed by atoms with Crippen molar-refractivity contribution < 1.29 is 4.39 Å². The summed E-state index contributed by atoms with van der Waals surface area (Å²) in [7, 11) is 0. The monoisotopic (exact) mass is 181 g/mol. The summed E-state index contributed by atoms with van der Waals surface area (Å²) >= 11 is 0. The van der Waals surface area contributed by atoms with E-state index in [1.807, 2.05) is 26.8 Å². The van der Waals surface area contributed by atoms with Gasteiger partial charge in [0.2, 0.25) is 0 Å². The lowest BCUT2D eigenvalue weighted by atomic mass is 9.98. The summed E-state index contributed by atoms with van der Waals surface area (Å²) in [5, 5.41) is 0. The van der Waals surface area contributed by atoms with Crippen molar-refractivity contribution in [1.29, 1.82) is 0 Å². The van der Waals surface area contributed by atoms with Crippen molar-refractivity contribution in [2.24, 2.45) is 5.73 Å². The largest absolute Gasteiger partial charge is 0.324 e. The van der Waals surface area contributed by atoms with Gasteiger partial charge in [-0.2, -0.15) is 0 Å². The molecule has 0 aliphatic rings. The van der Waals surface area contributed by atoms with Crippen molar-refractivity contribution in [1.82, 2.24) is 0 Å². The molecule has 0 aromatic heterocycles. The summed E-state index contributed by atoms with van der Waals surface area (Å²) in [6.45, 7) is 5.94. The minimum atomic E-state index is -0.196. The van der Waals surface area contributed by atoms with Crippen LogP contribution in [0.1, 0.15) is 43.9 Å². The van der Waals surface area contributed by atoms with E-state index < -0.39 is 0 Å². The van der Waals surface area contributed by atoms with Crippen molar-refractivity contribution in [3.05, 3.63) is 35.1 Å². The van der Waals surface area contributed by atoms with Crippen molar-refractivity contribution in [2.75, 3.05) is 0 Å². The zero-order chi connectivity index (χ0) is 10.0. The standard InChI is InChI=1S/C11H16FN/c1-7(2)9-4-10(8(3)13)6-11(12)5-9/h4-8H,13H2,1-3H3. The summed E-state index contributed by atoms with van der Waals surface area (Å²) in [6, 6.07) is 4.93. The third-order valence-electron chi connectivity index (χ3n) is 2.13. The first kappa shape index (κ1) is 10.2. The van der Waals surface area contributed by atoms with Gasteiger partial charge in [0, 0.05) is 6.04 Å². The molecule has 1 nitrogen and oxygen atoms in total. The lowest BCUT2D eigenvalue weighted by molar-refractivity contribution is 0.617. The SMILES string of the molecule is CC(C)c1cc(F)cc(C(C)N)c1. The molecular formula is C11H16FN. The Balaban J connectivity index is 3.11. The number of hydrogen-bond donors (Lipinski definition) is 1. The van der Waals surface area contributed by atoms with E-state index in [-0.39, 0.29) is 11.9 Å². The van der Waals surface area contributed by atoms with Crippen LogP contribution < -0.4 is 5.73 Å². The van der Waals surface area contributed by atoms with Gasteiger partial charge < -0.3 is 5.73 Å². The van der Waals surface area contributed by atoms with E-state index in [0.717, 1.165) is 11.1 Å². The van der Waals surface area contributed by atoms with Gasteiger partial charge in [-0.3, -0.25) is 0 Å². The molecule has 0 fully saturated rings. The Hall–Kier alpha value is -0.890. The van der Waals surface area contributed by atoms with E-state index in [1.54, 1.807) is 6.07 Å². The Morgan fingerprint density at radius 2 is 1.62 bits per heavy atom. The van der Waals surface area contributed by atoms with Gasteiger partial charge in [0.1, 0.15) is 5.82 Å². The quantitative estimate of drug-likeness (QED) is 0.745. The van der Waals surface area contributed by atoms with E-state index in [1.165, 1.54) is 6.07 Å². The Labute approximate surface area is 78.8 Å². The summed E-state index contributed by atoms with van der Waals surface area (Å²) in [4.78, 5) is 0. The van der Waals surface area contributed by atoms with Crippen LogP contribution >= 0.6 is 0 Å². The molecule has 2 heteroatoms. The average molecular weight is 181 g/mol. The van der Waals surface area contributed by atoms with Gasteiger partial charge in [0.15, 0.2) is 0 Å². The maximum absolute atomic E-state index is 13.1. The molecule has 1 rings (SSSR count). The van der Waals surface area contributed by atoms with Crippen molar-refractivity contribution in [2.45, 2.75) is 32.7 Å². The molecule has 1 aromatic carbocycles. The van der Waals surface area contributed by atoms with Gasteiger partial charge >= 0.3 is 0 Å². The second-order valence-corrected chi connectivity index (χ2v) is 3.76. The molecule has 0 aliphatic heterocycles. The number of hydrogen-bond acceptors (Lipinski definition) is 1. The van der Waals surface area contributed by atoms with Crippen LogP contribution in [0.3, 0.4) is 0 Å². The van der Waals surface area contributed by atoms with Gasteiger partial charge in [-0.1, -0.05) is 19.9 Å². The predicted molar refractivity (Wildman–Crippen MR) is 53.1 cm³/mol. The minimum Gasteiger partial charge on any atom is -0.324 e. The van der Waals surface area contributed by atoms with Crippen molar-refractivity contribution >= 4 is 0 Å². The number of halogens is 1. The molecule has 0 bridgehead atoms. The highest BCUT2D eigenvalue weighted by atomic mass is 19.1. The van der Waals surface area contributed by atoms with Crippen molar-refractivity contribution in [3.63, 3.8) is 0 Å². The molecule has 1 atom stereocenters. The van der Waals surface area contributed by atoms with Gasteiger partial charge in [-0.25, -0.2) is 4.39 Å². The second-order valence-electron chi connectivity index (χ2n) is 3.76. The van der Waals surface area contributed by atoms with Crippen molar-refractivity contribution in [3.8, 4) is 0 Å². The molecule has 72 valence electrons. The molecule has 0 heterocycles. The Morgan fingerprint density at radius 3 is 2.08 bits per heavy atom. The predicted octanol–water partition coefficient (Wildman–Crippen LogP) is 2.97. The van der Waals surface area contributed by atoms with Crippen LogP contribution in [0, 0.1) is 5.82 Å². The molecule has 0 saturated carbocycles.